The van der Waals surface area contributed by atoms with E-state index < -0.39 is 5.91 Å². The number of amides is 2. The third kappa shape index (κ3) is 4.14. The van der Waals surface area contributed by atoms with Gasteiger partial charge in [0.2, 0.25) is 5.91 Å². The van der Waals surface area contributed by atoms with Crippen molar-refractivity contribution in [2.75, 3.05) is 14.2 Å². The van der Waals surface area contributed by atoms with E-state index in [1.54, 1.807) is 18.2 Å². The van der Waals surface area contributed by atoms with Crippen molar-refractivity contribution in [2.45, 2.75) is 25.7 Å². The summed E-state index contributed by atoms with van der Waals surface area (Å²) in [4.78, 5) is 24.4. The fourth-order valence-electron chi connectivity index (χ4n) is 3.10. The predicted octanol–water partition coefficient (Wildman–Crippen LogP) is 2.20. The summed E-state index contributed by atoms with van der Waals surface area (Å²) in [5, 5.41) is 0. The molecule has 26 heavy (non-hydrogen) atoms. The van der Waals surface area contributed by atoms with Crippen LogP contribution in [0.5, 0.6) is 11.5 Å². The van der Waals surface area contributed by atoms with Crippen LogP contribution in [0.3, 0.4) is 0 Å². The molecule has 0 heterocycles. The number of carbonyl (C=O) groups is 2. The van der Waals surface area contributed by atoms with Gasteiger partial charge in [-0.2, -0.15) is 0 Å². The summed E-state index contributed by atoms with van der Waals surface area (Å²) in [6.45, 7) is 0. The largest absolute Gasteiger partial charge is 0.497 e. The van der Waals surface area contributed by atoms with E-state index in [1.807, 2.05) is 6.07 Å². The zero-order valence-electron chi connectivity index (χ0n) is 14.9. The van der Waals surface area contributed by atoms with E-state index in [2.05, 4.69) is 23.0 Å². The molecule has 3 rings (SSSR count). The van der Waals surface area contributed by atoms with E-state index in [-0.39, 0.29) is 12.3 Å². The van der Waals surface area contributed by atoms with Gasteiger partial charge in [0.25, 0.3) is 5.91 Å². The third-order valence-corrected chi connectivity index (χ3v) is 4.46. The molecule has 0 fully saturated rings. The molecular weight excluding hydrogens is 332 g/mol. The number of rotatable bonds is 5. The normalized spacial score (nSPS) is 12.2. The zero-order chi connectivity index (χ0) is 18.5. The van der Waals surface area contributed by atoms with Gasteiger partial charge in [-0.05, 0) is 48.1 Å². The van der Waals surface area contributed by atoms with Gasteiger partial charge >= 0.3 is 0 Å². The molecule has 2 amide bonds. The minimum Gasteiger partial charge on any atom is -0.497 e. The van der Waals surface area contributed by atoms with Crippen molar-refractivity contribution >= 4 is 11.8 Å². The predicted molar refractivity (Wildman–Crippen MR) is 97.3 cm³/mol. The number of aryl methyl sites for hydroxylation is 2. The summed E-state index contributed by atoms with van der Waals surface area (Å²) < 4.78 is 10.3. The highest BCUT2D eigenvalue weighted by Gasteiger charge is 2.14. The average molecular weight is 354 g/mol. The molecule has 0 bridgehead atoms. The number of nitrogens with one attached hydrogen (secondary N) is 2. The molecule has 0 spiro atoms. The van der Waals surface area contributed by atoms with Crippen molar-refractivity contribution < 1.29 is 19.1 Å². The van der Waals surface area contributed by atoms with Crippen LogP contribution in [0.2, 0.25) is 0 Å². The van der Waals surface area contributed by atoms with E-state index in [0.717, 1.165) is 18.4 Å². The molecule has 1 aliphatic carbocycles. The van der Waals surface area contributed by atoms with Crippen molar-refractivity contribution in [1.29, 1.82) is 0 Å². The molecule has 0 aromatic heterocycles. The Morgan fingerprint density at radius 3 is 2.31 bits per heavy atom. The highest BCUT2D eigenvalue weighted by Crippen LogP contribution is 2.23. The summed E-state index contributed by atoms with van der Waals surface area (Å²) in [7, 11) is 3.02. The van der Waals surface area contributed by atoms with Crippen LogP contribution in [0.15, 0.2) is 36.4 Å². The summed E-state index contributed by atoms with van der Waals surface area (Å²) in [6.07, 6.45) is 3.57. The van der Waals surface area contributed by atoms with Crippen molar-refractivity contribution in [2.24, 2.45) is 0 Å². The summed E-state index contributed by atoms with van der Waals surface area (Å²) in [5.41, 5.74) is 8.85. The lowest BCUT2D eigenvalue weighted by Crippen LogP contribution is -2.42. The second-order valence-electron chi connectivity index (χ2n) is 6.24. The standard InChI is InChI=1S/C20H22N2O4/c1-25-17-10-16(11-18(12-17)26-2)20(24)22-21-19(23)9-13-6-7-14-4-3-5-15(14)8-13/h6-8,10-12H,3-5,9H2,1-2H3,(H,21,23)(H,22,24). The first-order chi connectivity index (χ1) is 12.6. The van der Waals surface area contributed by atoms with E-state index in [0.29, 0.717) is 17.1 Å². The molecule has 2 aromatic rings. The smallest absolute Gasteiger partial charge is 0.269 e. The Labute approximate surface area is 152 Å². The zero-order valence-corrected chi connectivity index (χ0v) is 14.9. The highest BCUT2D eigenvalue weighted by molar-refractivity contribution is 5.96. The minimum absolute atomic E-state index is 0.217. The van der Waals surface area contributed by atoms with Gasteiger partial charge in [-0.1, -0.05) is 18.2 Å². The Morgan fingerprint density at radius 1 is 0.923 bits per heavy atom. The van der Waals surface area contributed by atoms with Crippen LogP contribution in [0.25, 0.3) is 0 Å². The summed E-state index contributed by atoms with van der Waals surface area (Å²) in [5.74, 6) is 0.286. The Morgan fingerprint density at radius 2 is 1.62 bits per heavy atom. The monoisotopic (exact) mass is 354 g/mol. The van der Waals surface area contributed by atoms with Gasteiger partial charge in [0, 0.05) is 11.6 Å². The molecule has 6 nitrogen and oxygen atoms in total. The Bertz CT molecular complexity index is 810. The first kappa shape index (κ1) is 17.8. The molecule has 0 saturated heterocycles. The molecule has 0 atom stereocenters. The third-order valence-electron chi connectivity index (χ3n) is 4.46. The van der Waals surface area contributed by atoms with Crippen molar-refractivity contribution in [3.63, 3.8) is 0 Å². The molecule has 2 aromatic carbocycles. The van der Waals surface area contributed by atoms with Gasteiger partial charge in [-0.15, -0.1) is 0 Å². The lowest BCUT2D eigenvalue weighted by molar-refractivity contribution is -0.121. The maximum Gasteiger partial charge on any atom is 0.269 e. The van der Waals surface area contributed by atoms with Gasteiger partial charge in [-0.25, -0.2) is 0 Å². The first-order valence-electron chi connectivity index (χ1n) is 8.52. The number of carbonyl (C=O) groups excluding carboxylic acids is 2. The Hall–Kier alpha value is -3.02. The van der Waals surface area contributed by atoms with Crippen LogP contribution in [0.4, 0.5) is 0 Å². The average Bonchev–Trinajstić information content (AvgIpc) is 3.13. The fourth-order valence-corrected chi connectivity index (χ4v) is 3.10. The number of fused-ring (bicyclic) bond motifs is 1. The van der Waals surface area contributed by atoms with E-state index in [4.69, 9.17) is 9.47 Å². The van der Waals surface area contributed by atoms with E-state index in [9.17, 15) is 9.59 Å². The van der Waals surface area contributed by atoms with Crippen LogP contribution >= 0.6 is 0 Å². The van der Waals surface area contributed by atoms with Crippen LogP contribution in [0, 0.1) is 0 Å². The Kier molecular flexibility index (Phi) is 5.41. The number of hydrazine groups is 1. The molecule has 1 aliphatic rings. The summed E-state index contributed by atoms with van der Waals surface area (Å²) in [6, 6.07) is 11.0. The topological polar surface area (TPSA) is 76.7 Å². The lowest BCUT2D eigenvalue weighted by Gasteiger charge is -2.10. The number of ether oxygens (including phenoxy) is 2. The molecule has 0 radical (unpaired) electrons. The van der Waals surface area contributed by atoms with Gasteiger partial charge in [0.05, 0.1) is 20.6 Å². The molecule has 0 unspecified atom stereocenters. The maximum absolute atomic E-state index is 12.3. The van der Waals surface area contributed by atoms with Crippen LogP contribution in [0.1, 0.15) is 33.5 Å². The molecule has 6 heteroatoms. The lowest BCUT2D eigenvalue weighted by atomic mass is 10.0. The quantitative estimate of drug-likeness (QED) is 0.807. The first-order valence-corrected chi connectivity index (χ1v) is 8.52. The van der Waals surface area contributed by atoms with Gasteiger partial charge in [0.15, 0.2) is 0 Å². The van der Waals surface area contributed by atoms with Crippen LogP contribution in [-0.4, -0.2) is 26.0 Å². The number of methoxy groups -OCH3 is 2. The molecule has 2 N–H and O–H groups in total. The van der Waals surface area contributed by atoms with E-state index in [1.165, 1.54) is 31.8 Å². The van der Waals surface area contributed by atoms with Gasteiger partial charge < -0.3 is 9.47 Å². The maximum atomic E-state index is 12.3. The van der Waals surface area contributed by atoms with Crippen LogP contribution in [-0.2, 0) is 24.1 Å². The van der Waals surface area contributed by atoms with E-state index >= 15 is 0 Å². The SMILES string of the molecule is COc1cc(OC)cc(C(=O)NNC(=O)Cc2ccc3c(c2)CCC3)c1. The second-order valence-corrected chi connectivity index (χ2v) is 6.24. The Balaban J connectivity index is 1.58. The number of benzene rings is 2. The van der Waals surface area contributed by atoms with Crippen molar-refractivity contribution in [3.05, 3.63) is 58.7 Å². The molecule has 0 aliphatic heterocycles. The van der Waals surface area contributed by atoms with Crippen LogP contribution < -0.4 is 20.3 Å². The molecule has 0 saturated carbocycles. The van der Waals surface area contributed by atoms with Gasteiger partial charge in [-0.3, -0.25) is 20.4 Å². The molecular formula is C20H22N2O4. The summed E-state index contributed by atoms with van der Waals surface area (Å²) >= 11 is 0. The van der Waals surface area contributed by atoms with Crippen molar-refractivity contribution in [1.82, 2.24) is 10.9 Å². The van der Waals surface area contributed by atoms with Crippen molar-refractivity contribution in [3.8, 4) is 11.5 Å². The fraction of sp³-hybridized carbons (Fsp3) is 0.300. The number of hydrogen-bond acceptors (Lipinski definition) is 4. The molecule has 136 valence electrons. The van der Waals surface area contributed by atoms with Gasteiger partial charge in [0.1, 0.15) is 11.5 Å². The second kappa shape index (κ2) is 7.91. The highest BCUT2D eigenvalue weighted by atomic mass is 16.5. The number of hydrogen-bond donors (Lipinski definition) is 2. The minimum atomic E-state index is -0.440.